The van der Waals surface area contributed by atoms with Crippen LogP contribution in [0.2, 0.25) is 0 Å². The number of carbonyl (C=O) groups is 1. The molecule has 0 radical (unpaired) electrons. The first kappa shape index (κ1) is 17.8. The maximum Gasteiger partial charge on any atom is 0.264 e. The van der Waals surface area contributed by atoms with E-state index < -0.39 is 0 Å². The van der Waals surface area contributed by atoms with Gasteiger partial charge in [-0.3, -0.25) is 14.2 Å². The van der Waals surface area contributed by atoms with Crippen molar-refractivity contribution >= 4 is 22.6 Å². The summed E-state index contributed by atoms with van der Waals surface area (Å²) in [7, 11) is 0. The normalized spacial score (nSPS) is 11.7. The zero-order valence-corrected chi connectivity index (χ0v) is 15.5. The summed E-state index contributed by atoms with van der Waals surface area (Å²) in [4.78, 5) is 29.1. The molecule has 3 aromatic rings. The van der Waals surface area contributed by atoms with Crippen LogP contribution in [-0.4, -0.2) is 25.2 Å². The summed E-state index contributed by atoms with van der Waals surface area (Å²) in [6.45, 7) is 8.24. The maximum absolute atomic E-state index is 12.6. The van der Waals surface area contributed by atoms with Gasteiger partial charge >= 0.3 is 0 Å². The van der Waals surface area contributed by atoms with Crippen molar-refractivity contribution in [3.05, 3.63) is 52.7 Å². The van der Waals surface area contributed by atoms with Gasteiger partial charge in [0.15, 0.2) is 5.65 Å². The summed E-state index contributed by atoms with van der Waals surface area (Å²) < 4.78 is 3.19. The molecule has 3 rings (SSSR count). The number of fused-ring (bicyclic) bond motifs is 1. The molecular formula is C19H23N5O2. The van der Waals surface area contributed by atoms with Crippen molar-refractivity contribution in [1.82, 2.24) is 19.3 Å². The summed E-state index contributed by atoms with van der Waals surface area (Å²) >= 11 is 0. The molecule has 1 amide bonds. The van der Waals surface area contributed by atoms with E-state index in [4.69, 9.17) is 0 Å². The molecule has 1 N–H and O–H groups in total. The number of rotatable bonds is 4. The summed E-state index contributed by atoms with van der Waals surface area (Å²) in [6.07, 6.45) is 3.21. The summed E-state index contributed by atoms with van der Waals surface area (Å²) in [5.41, 5.74) is 1.94. The number of benzene rings is 1. The van der Waals surface area contributed by atoms with Crippen molar-refractivity contribution in [3.63, 3.8) is 0 Å². The van der Waals surface area contributed by atoms with E-state index in [9.17, 15) is 9.59 Å². The fraction of sp³-hybridized carbons (Fsp3) is 0.368. The molecule has 0 aliphatic rings. The molecule has 7 nitrogen and oxygen atoms in total. The number of nitrogens with one attached hydrogen (secondary N) is 1. The van der Waals surface area contributed by atoms with Crippen molar-refractivity contribution < 1.29 is 4.79 Å². The van der Waals surface area contributed by atoms with E-state index in [0.717, 1.165) is 11.3 Å². The van der Waals surface area contributed by atoms with E-state index in [0.29, 0.717) is 11.0 Å². The SMILES string of the molecule is Cc1cccc(NC(=O)CCn2cnc3c(cnn3C(C)(C)C)c2=O)c1. The highest BCUT2D eigenvalue weighted by molar-refractivity contribution is 5.90. The lowest BCUT2D eigenvalue weighted by atomic mass is 10.1. The number of aromatic nitrogens is 4. The van der Waals surface area contributed by atoms with Crippen LogP contribution in [0.3, 0.4) is 0 Å². The van der Waals surface area contributed by atoms with Gasteiger partial charge in [-0.05, 0) is 45.4 Å². The molecule has 0 fully saturated rings. The first-order valence-electron chi connectivity index (χ1n) is 8.56. The number of anilines is 1. The minimum Gasteiger partial charge on any atom is -0.326 e. The van der Waals surface area contributed by atoms with Gasteiger partial charge in [0.1, 0.15) is 5.39 Å². The Morgan fingerprint density at radius 1 is 1.27 bits per heavy atom. The van der Waals surface area contributed by atoms with E-state index in [1.165, 1.54) is 10.9 Å². The third kappa shape index (κ3) is 3.66. The number of hydrogen-bond acceptors (Lipinski definition) is 4. The van der Waals surface area contributed by atoms with Gasteiger partial charge in [0.25, 0.3) is 5.56 Å². The lowest BCUT2D eigenvalue weighted by molar-refractivity contribution is -0.116. The van der Waals surface area contributed by atoms with Crippen LogP contribution in [0.4, 0.5) is 5.69 Å². The molecule has 7 heteroatoms. The molecule has 26 heavy (non-hydrogen) atoms. The molecular weight excluding hydrogens is 330 g/mol. The maximum atomic E-state index is 12.6. The summed E-state index contributed by atoms with van der Waals surface area (Å²) in [6, 6.07) is 7.60. The average molecular weight is 353 g/mol. The summed E-state index contributed by atoms with van der Waals surface area (Å²) in [5, 5.41) is 7.59. The predicted octanol–water partition coefficient (Wildman–Crippen LogP) is 2.69. The van der Waals surface area contributed by atoms with Gasteiger partial charge in [-0.25, -0.2) is 9.67 Å². The Hall–Kier alpha value is -2.96. The molecule has 0 aliphatic carbocycles. The Labute approximate surface area is 151 Å². The van der Waals surface area contributed by atoms with E-state index in [-0.39, 0.29) is 30.0 Å². The largest absolute Gasteiger partial charge is 0.326 e. The van der Waals surface area contributed by atoms with Gasteiger partial charge in [-0.1, -0.05) is 12.1 Å². The second kappa shape index (κ2) is 6.74. The van der Waals surface area contributed by atoms with Crippen molar-refractivity contribution in [2.45, 2.75) is 46.2 Å². The van der Waals surface area contributed by atoms with Gasteiger partial charge in [0.2, 0.25) is 5.91 Å². The standard InChI is InChI=1S/C19H23N5O2/c1-13-6-5-7-14(10-13)22-16(25)8-9-23-12-20-17-15(18(23)26)11-21-24(17)19(2,3)4/h5-7,10-12H,8-9H2,1-4H3,(H,22,25). The van der Waals surface area contributed by atoms with Gasteiger partial charge in [-0.15, -0.1) is 0 Å². The second-order valence-corrected chi connectivity index (χ2v) is 7.38. The van der Waals surface area contributed by atoms with Crippen LogP contribution in [0, 0.1) is 6.92 Å². The highest BCUT2D eigenvalue weighted by Gasteiger charge is 2.19. The molecule has 0 saturated carbocycles. The van der Waals surface area contributed by atoms with Crippen LogP contribution < -0.4 is 10.9 Å². The first-order valence-corrected chi connectivity index (χ1v) is 8.56. The second-order valence-electron chi connectivity index (χ2n) is 7.38. The van der Waals surface area contributed by atoms with Crippen LogP contribution in [0.1, 0.15) is 32.8 Å². The minimum absolute atomic E-state index is 0.145. The fourth-order valence-corrected chi connectivity index (χ4v) is 2.77. The van der Waals surface area contributed by atoms with Crippen LogP contribution in [0.15, 0.2) is 41.6 Å². The molecule has 0 bridgehead atoms. The Morgan fingerprint density at radius 2 is 2.04 bits per heavy atom. The zero-order valence-electron chi connectivity index (χ0n) is 15.5. The van der Waals surface area contributed by atoms with Gasteiger partial charge in [-0.2, -0.15) is 5.10 Å². The Morgan fingerprint density at radius 3 is 2.73 bits per heavy atom. The number of aryl methyl sites for hydroxylation is 2. The van der Waals surface area contributed by atoms with Crippen molar-refractivity contribution in [2.24, 2.45) is 0 Å². The van der Waals surface area contributed by atoms with E-state index in [1.54, 1.807) is 10.9 Å². The van der Waals surface area contributed by atoms with Crippen molar-refractivity contribution in [2.75, 3.05) is 5.32 Å². The van der Waals surface area contributed by atoms with Crippen molar-refractivity contribution in [3.8, 4) is 0 Å². The first-order chi connectivity index (χ1) is 12.3. The molecule has 2 aromatic heterocycles. The molecule has 136 valence electrons. The third-order valence-electron chi connectivity index (χ3n) is 4.07. The lowest BCUT2D eigenvalue weighted by Crippen LogP contribution is -2.26. The van der Waals surface area contributed by atoms with Crippen LogP contribution in [0.25, 0.3) is 11.0 Å². The molecule has 0 atom stereocenters. The van der Waals surface area contributed by atoms with E-state index in [1.807, 2.05) is 52.0 Å². The Kier molecular flexibility index (Phi) is 4.63. The summed E-state index contributed by atoms with van der Waals surface area (Å²) in [5.74, 6) is -0.145. The average Bonchev–Trinajstić information content (AvgIpc) is 2.99. The van der Waals surface area contributed by atoms with Crippen molar-refractivity contribution in [1.29, 1.82) is 0 Å². The minimum atomic E-state index is -0.263. The molecule has 2 heterocycles. The Bertz CT molecular complexity index is 1010. The molecule has 1 aromatic carbocycles. The molecule has 0 unspecified atom stereocenters. The van der Waals surface area contributed by atoms with Crippen LogP contribution in [-0.2, 0) is 16.9 Å². The topological polar surface area (TPSA) is 81.8 Å². The van der Waals surface area contributed by atoms with Gasteiger partial charge in [0, 0.05) is 18.7 Å². The molecule has 0 saturated heterocycles. The lowest BCUT2D eigenvalue weighted by Gasteiger charge is -2.19. The van der Waals surface area contributed by atoms with Crippen LogP contribution >= 0.6 is 0 Å². The number of amides is 1. The number of hydrogen-bond donors (Lipinski definition) is 1. The van der Waals surface area contributed by atoms with Gasteiger partial charge < -0.3 is 5.32 Å². The van der Waals surface area contributed by atoms with E-state index >= 15 is 0 Å². The monoisotopic (exact) mass is 353 g/mol. The third-order valence-corrected chi connectivity index (χ3v) is 4.07. The molecule has 0 aliphatic heterocycles. The van der Waals surface area contributed by atoms with Gasteiger partial charge in [0.05, 0.1) is 18.1 Å². The molecule has 0 spiro atoms. The Balaban J connectivity index is 1.74. The highest BCUT2D eigenvalue weighted by atomic mass is 16.2. The number of nitrogens with zero attached hydrogens (tertiary/aromatic N) is 4. The van der Waals surface area contributed by atoms with E-state index in [2.05, 4.69) is 15.4 Å². The smallest absolute Gasteiger partial charge is 0.264 e. The fourth-order valence-electron chi connectivity index (χ4n) is 2.77. The zero-order chi connectivity index (χ0) is 18.9. The van der Waals surface area contributed by atoms with Crippen LogP contribution in [0.5, 0.6) is 0 Å². The highest BCUT2D eigenvalue weighted by Crippen LogP contribution is 2.17. The number of carbonyl (C=O) groups excluding carboxylic acids is 1. The quantitative estimate of drug-likeness (QED) is 0.782. The predicted molar refractivity (Wildman–Crippen MR) is 101 cm³/mol.